The topological polar surface area (TPSA) is 97.1 Å². The average Bonchev–Trinajstić information content (AvgIpc) is 2.37. The summed E-state index contributed by atoms with van der Waals surface area (Å²) in [6.07, 6.45) is 1.28. The van der Waals surface area contributed by atoms with Gasteiger partial charge in [-0.25, -0.2) is 23.6 Å². The summed E-state index contributed by atoms with van der Waals surface area (Å²) in [4.78, 5) is 3.73. The van der Waals surface area contributed by atoms with Gasteiger partial charge in [-0.3, -0.25) is 4.72 Å². The molecule has 2 rings (SSSR count). The van der Waals surface area contributed by atoms with Crippen molar-refractivity contribution in [2.75, 3.05) is 10.1 Å². The Morgan fingerprint density at radius 1 is 1.25 bits per heavy atom. The molecule has 0 amide bonds. The van der Waals surface area contributed by atoms with Crippen LogP contribution in [0.25, 0.3) is 0 Å². The molecule has 1 heterocycles. The van der Waals surface area contributed by atoms with Crippen molar-refractivity contribution >= 4 is 33.1 Å². The first-order valence-electron chi connectivity index (χ1n) is 5.32. The van der Waals surface area contributed by atoms with Crippen LogP contribution in [0.3, 0.4) is 0 Å². The van der Waals surface area contributed by atoms with Crippen LogP contribution in [0.5, 0.6) is 0 Å². The predicted octanol–water partition coefficient (Wildman–Crippen LogP) is 1.96. The van der Waals surface area contributed by atoms with E-state index >= 15 is 0 Å². The van der Waals surface area contributed by atoms with Crippen molar-refractivity contribution in [2.45, 2.75) is 4.90 Å². The van der Waals surface area contributed by atoms with Crippen LogP contribution in [0.1, 0.15) is 0 Å². The molecule has 0 fully saturated rings. The van der Waals surface area contributed by atoms with E-state index in [0.29, 0.717) is 0 Å². The zero-order valence-electron chi connectivity index (χ0n) is 9.97. The molecule has 0 aliphatic carbocycles. The summed E-state index contributed by atoms with van der Waals surface area (Å²) < 4.78 is 39.6. The van der Waals surface area contributed by atoms with Crippen LogP contribution in [-0.4, -0.2) is 13.4 Å². The number of nitrogens with zero attached hydrogens (tertiary/aromatic N) is 1. The van der Waals surface area contributed by atoms with Gasteiger partial charge in [0.1, 0.15) is 11.6 Å². The number of rotatable bonds is 4. The van der Waals surface area contributed by atoms with Gasteiger partial charge in [0, 0.05) is 17.3 Å². The number of nitrogens with two attached hydrogens (primary N) is 1. The van der Waals surface area contributed by atoms with Crippen molar-refractivity contribution in [3.63, 3.8) is 0 Å². The van der Waals surface area contributed by atoms with Gasteiger partial charge < -0.3 is 5.43 Å². The molecule has 1 aromatic carbocycles. The van der Waals surface area contributed by atoms with Crippen molar-refractivity contribution < 1.29 is 12.8 Å². The van der Waals surface area contributed by atoms with Crippen LogP contribution in [0, 0.1) is 5.82 Å². The molecule has 0 unspecified atom stereocenters. The number of nitrogens with one attached hydrogen (secondary N) is 2. The third-order valence-corrected chi connectivity index (χ3v) is 3.90. The van der Waals surface area contributed by atoms with Gasteiger partial charge in [-0.15, -0.1) is 0 Å². The lowest BCUT2D eigenvalue weighted by Crippen LogP contribution is -2.15. The number of anilines is 2. The number of halogens is 2. The Morgan fingerprint density at radius 3 is 2.65 bits per heavy atom. The van der Waals surface area contributed by atoms with E-state index in [4.69, 9.17) is 17.4 Å². The number of nitrogen functional groups attached to an aromatic ring is 1. The number of hydrogen-bond acceptors (Lipinski definition) is 5. The zero-order chi connectivity index (χ0) is 14.8. The van der Waals surface area contributed by atoms with E-state index in [1.165, 1.54) is 24.4 Å². The summed E-state index contributed by atoms with van der Waals surface area (Å²) in [5, 5.41) is 0.0849. The van der Waals surface area contributed by atoms with E-state index in [1.54, 1.807) is 0 Å². The SMILES string of the molecule is NNc1cc(S(=O)(=O)Nc2cc(F)cc(Cl)c2)ccn1. The van der Waals surface area contributed by atoms with Crippen LogP contribution >= 0.6 is 11.6 Å². The number of pyridine rings is 1. The minimum absolute atomic E-state index is 0.0223. The largest absolute Gasteiger partial charge is 0.308 e. The number of hydrogen-bond donors (Lipinski definition) is 3. The minimum Gasteiger partial charge on any atom is -0.308 e. The number of aromatic nitrogens is 1. The van der Waals surface area contributed by atoms with E-state index in [-0.39, 0.29) is 21.4 Å². The molecule has 0 aliphatic heterocycles. The van der Waals surface area contributed by atoms with Crippen LogP contribution in [0.4, 0.5) is 15.9 Å². The molecule has 0 bridgehead atoms. The molecule has 0 saturated heterocycles. The van der Waals surface area contributed by atoms with Gasteiger partial charge in [0.15, 0.2) is 0 Å². The quantitative estimate of drug-likeness (QED) is 0.592. The minimum atomic E-state index is -3.89. The Bertz CT molecular complexity index is 719. The first-order chi connectivity index (χ1) is 9.40. The molecule has 20 heavy (non-hydrogen) atoms. The highest BCUT2D eigenvalue weighted by molar-refractivity contribution is 7.92. The van der Waals surface area contributed by atoms with E-state index < -0.39 is 15.8 Å². The zero-order valence-corrected chi connectivity index (χ0v) is 11.5. The second kappa shape index (κ2) is 5.61. The van der Waals surface area contributed by atoms with Crippen LogP contribution in [-0.2, 0) is 10.0 Å². The maximum Gasteiger partial charge on any atom is 0.262 e. The lowest BCUT2D eigenvalue weighted by Gasteiger charge is -2.09. The highest BCUT2D eigenvalue weighted by Crippen LogP contribution is 2.22. The Labute approximate surface area is 119 Å². The van der Waals surface area contributed by atoms with E-state index in [0.717, 1.165) is 12.1 Å². The Balaban J connectivity index is 2.35. The molecule has 106 valence electrons. The molecule has 6 nitrogen and oxygen atoms in total. The molecule has 0 saturated carbocycles. The number of benzene rings is 1. The molecule has 2 aromatic rings. The highest BCUT2D eigenvalue weighted by Gasteiger charge is 2.15. The smallest absolute Gasteiger partial charge is 0.262 e. The third-order valence-electron chi connectivity index (χ3n) is 2.30. The fraction of sp³-hybridized carbons (Fsp3) is 0. The Morgan fingerprint density at radius 2 is 2.00 bits per heavy atom. The van der Waals surface area contributed by atoms with E-state index in [1.807, 2.05) is 0 Å². The second-order valence-electron chi connectivity index (χ2n) is 3.78. The van der Waals surface area contributed by atoms with Gasteiger partial charge in [0.25, 0.3) is 10.0 Å². The van der Waals surface area contributed by atoms with E-state index in [2.05, 4.69) is 15.1 Å². The molecule has 0 atom stereocenters. The molecule has 0 aliphatic rings. The lowest BCUT2D eigenvalue weighted by molar-refractivity contribution is 0.601. The summed E-state index contributed by atoms with van der Waals surface area (Å²) >= 11 is 5.66. The molecular formula is C11H10ClFN4O2S. The van der Waals surface area contributed by atoms with Gasteiger partial charge >= 0.3 is 0 Å². The molecule has 0 radical (unpaired) electrons. The van der Waals surface area contributed by atoms with Crippen molar-refractivity contribution in [3.8, 4) is 0 Å². The van der Waals surface area contributed by atoms with Crippen LogP contribution in [0.2, 0.25) is 5.02 Å². The van der Waals surface area contributed by atoms with Gasteiger partial charge in [-0.05, 0) is 24.3 Å². The molecule has 9 heteroatoms. The fourth-order valence-corrected chi connectivity index (χ4v) is 2.76. The lowest BCUT2D eigenvalue weighted by atomic mass is 10.3. The molecular weight excluding hydrogens is 307 g/mol. The number of hydrazine groups is 1. The molecule has 0 spiro atoms. The standard InChI is InChI=1S/C11H10ClFN4O2S/c12-7-3-8(13)5-9(4-7)17-20(18,19)10-1-2-15-11(6-10)16-14/h1-6,17H,14H2,(H,15,16). The third kappa shape index (κ3) is 3.35. The van der Waals surface area contributed by atoms with Gasteiger partial charge in [-0.2, -0.15) is 0 Å². The van der Waals surface area contributed by atoms with Crippen LogP contribution < -0.4 is 16.0 Å². The maximum atomic E-state index is 13.2. The number of sulfonamides is 1. The maximum absolute atomic E-state index is 13.2. The normalized spacial score (nSPS) is 11.2. The Kier molecular flexibility index (Phi) is 4.07. The monoisotopic (exact) mass is 316 g/mol. The summed E-state index contributed by atoms with van der Waals surface area (Å²) in [5.41, 5.74) is 2.26. The van der Waals surface area contributed by atoms with Gasteiger partial charge in [0.05, 0.1) is 10.6 Å². The highest BCUT2D eigenvalue weighted by atomic mass is 35.5. The van der Waals surface area contributed by atoms with Crippen molar-refractivity contribution in [2.24, 2.45) is 5.84 Å². The van der Waals surface area contributed by atoms with Crippen molar-refractivity contribution in [1.29, 1.82) is 0 Å². The van der Waals surface area contributed by atoms with Gasteiger partial charge in [0.2, 0.25) is 0 Å². The predicted molar refractivity (Wildman–Crippen MR) is 74.3 cm³/mol. The second-order valence-corrected chi connectivity index (χ2v) is 5.90. The van der Waals surface area contributed by atoms with Crippen molar-refractivity contribution in [1.82, 2.24) is 4.98 Å². The Hall–Kier alpha value is -1.90. The first-order valence-corrected chi connectivity index (χ1v) is 7.18. The first kappa shape index (κ1) is 14.5. The van der Waals surface area contributed by atoms with Crippen molar-refractivity contribution in [3.05, 3.63) is 47.4 Å². The summed E-state index contributed by atoms with van der Waals surface area (Å²) in [6, 6.07) is 5.91. The fourth-order valence-electron chi connectivity index (χ4n) is 1.48. The summed E-state index contributed by atoms with van der Waals surface area (Å²) in [5.74, 6) is 4.70. The van der Waals surface area contributed by atoms with E-state index in [9.17, 15) is 12.8 Å². The van der Waals surface area contributed by atoms with Crippen LogP contribution in [0.15, 0.2) is 41.4 Å². The van der Waals surface area contributed by atoms with Gasteiger partial charge in [-0.1, -0.05) is 11.6 Å². The molecule has 1 aromatic heterocycles. The molecule has 4 N–H and O–H groups in total. The average molecular weight is 317 g/mol. The summed E-state index contributed by atoms with van der Waals surface area (Å²) in [6.45, 7) is 0. The summed E-state index contributed by atoms with van der Waals surface area (Å²) in [7, 11) is -3.89.